The Hall–Kier alpha value is -2.61. The molecule has 178 valence electrons. The van der Waals surface area contributed by atoms with Gasteiger partial charge in [0.15, 0.2) is 6.20 Å². The van der Waals surface area contributed by atoms with E-state index in [9.17, 15) is 9.90 Å². The second-order valence-corrected chi connectivity index (χ2v) is 8.76. The van der Waals surface area contributed by atoms with Gasteiger partial charge in [0.1, 0.15) is 6.54 Å². The Morgan fingerprint density at radius 1 is 1.15 bits per heavy atom. The summed E-state index contributed by atoms with van der Waals surface area (Å²) in [6, 6.07) is 18.7. The average molecular weight is 542 g/mol. The summed E-state index contributed by atoms with van der Waals surface area (Å²) in [5, 5.41) is 11.8. The van der Waals surface area contributed by atoms with Crippen molar-refractivity contribution in [2.24, 2.45) is 0 Å². The van der Waals surface area contributed by atoms with Gasteiger partial charge in [0.2, 0.25) is 5.52 Å². The number of benzene rings is 2. The van der Waals surface area contributed by atoms with Crippen molar-refractivity contribution in [1.82, 2.24) is 0 Å². The third kappa shape index (κ3) is 6.09. The van der Waals surface area contributed by atoms with E-state index in [2.05, 4.69) is 64.2 Å². The summed E-state index contributed by atoms with van der Waals surface area (Å²) in [6.45, 7) is 3.70. The number of esters is 1. The number of halogens is 1. The van der Waals surface area contributed by atoms with E-state index >= 15 is 0 Å². The maximum atomic E-state index is 11.6. The van der Waals surface area contributed by atoms with Crippen LogP contribution in [0.25, 0.3) is 17.0 Å². The molecule has 0 aliphatic carbocycles. The normalized spacial score (nSPS) is 13.9. The summed E-state index contributed by atoms with van der Waals surface area (Å²) in [4.78, 5) is 15.0. The van der Waals surface area contributed by atoms with E-state index in [4.69, 9.17) is 4.74 Å². The molecule has 1 aliphatic heterocycles. The molecule has 0 saturated carbocycles. The molecule has 2 aromatic carbocycles. The molecule has 34 heavy (non-hydrogen) atoms. The van der Waals surface area contributed by atoms with E-state index < -0.39 is 0 Å². The third-order valence-electron chi connectivity index (χ3n) is 5.52. The van der Waals surface area contributed by atoms with Gasteiger partial charge in [-0.25, -0.2) is 0 Å². The van der Waals surface area contributed by atoms with Crippen LogP contribution in [0.5, 0.6) is 0 Å². The van der Waals surface area contributed by atoms with Crippen LogP contribution in [0, 0.1) is 0 Å². The van der Waals surface area contributed by atoms with Gasteiger partial charge in [-0.15, -0.1) is 0 Å². The lowest BCUT2D eigenvalue weighted by atomic mass is 10.1. The first-order chi connectivity index (χ1) is 16.2. The fourth-order valence-corrected chi connectivity index (χ4v) is 5.12. The lowest BCUT2D eigenvalue weighted by Gasteiger charge is -2.18. The number of aliphatic hydroxyl groups is 1. The largest absolute Gasteiger partial charge is 1.00 e. The summed E-state index contributed by atoms with van der Waals surface area (Å²) < 4.78 is 7.23. The summed E-state index contributed by atoms with van der Waals surface area (Å²) in [5.74, 6) is -0.142. The molecule has 3 aromatic rings. The summed E-state index contributed by atoms with van der Waals surface area (Å²) >= 11 is 1.72. The number of ether oxygens (including phenoxy) is 1. The number of nitrogens with zero attached hydrogens (tertiary/aromatic N) is 2. The minimum Gasteiger partial charge on any atom is -1.00 e. The first kappa shape index (κ1) is 26.0. The number of carbonyl (C=O) groups is 1. The number of anilines is 1. The maximum Gasteiger partial charge on any atom is 0.306 e. The van der Waals surface area contributed by atoms with Crippen LogP contribution in [0.15, 0.2) is 82.9 Å². The van der Waals surface area contributed by atoms with Crippen LogP contribution < -0.4 is 26.4 Å². The van der Waals surface area contributed by atoms with Crippen molar-refractivity contribution in [1.29, 1.82) is 0 Å². The van der Waals surface area contributed by atoms with Crippen molar-refractivity contribution in [3.63, 3.8) is 0 Å². The number of fused-ring (bicyclic) bond motifs is 2. The number of pyridine rings is 1. The quantitative estimate of drug-likeness (QED) is 0.332. The Kier molecular flexibility index (Phi) is 9.74. The highest BCUT2D eigenvalue weighted by Crippen LogP contribution is 2.45. The lowest BCUT2D eigenvalue weighted by molar-refractivity contribution is -0.671. The van der Waals surface area contributed by atoms with Gasteiger partial charge in [-0.2, -0.15) is 4.57 Å². The van der Waals surface area contributed by atoms with Crippen LogP contribution in [0.3, 0.4) is 0 Å². The lowest BCUT2D eigenvalue weighted by Crippen LogP contribution is -3.00. The molecule has 1 N–H and O–H groups in total. The number of thioether (sulfide) groups is 1. The minimum absolute atomic E-state index is 0. The highest BCUT2D eigenvalue weighted by Gasteiger charge is 2.23. The van der Waals surface area contributed by atoms with Crippen molar-refractivity contribution in [3.8, 4) is 0 Å². The highest BCUT2D eigenvalue weighted by atomic mass is 79.9. The maximum absolute atomic E-state index is 11.6. The predicted molar refractivity (Wildman–Crippen MR) is 134 cm³/mol. The molecule has 4 rings (SSSR count). The van der Waals surface area contributed by atoms with Gasteiger partial charge in [0.25, 0.3) is 0 Å². The zero-order valence-corrected chi connectivity index (χ0v) is 21.6. The van der Waals surface area contributed by atoms with E-state index in [0.717, 1.165) is 34.8 Å². The van der Waals surface area contributed by atoms with E-state index in [1.54, 1.807) is 11.8 Å². The van der Waals surface area contributed by atoms with Gasteiger partial charge >= 0.3 is 5.97 Å². The number of hydrogen-bond acceptors (Lipinski definition) is 5. The van der Waals surface area contributed by atoms with Crippen molar-refractivity contribution < 1.29 is 36.2 Å². The van der Waals surface area contributed by atoms with Crippen molar-refractivity contribution in [2.45, 2.75) is 31.2 Å². The molecule has 0 unspecified atom stereocenters. The minimum atomic E-state index is -0.142. The molecule has 7 heteroatoms. The molecule has 0 spiro atoms. The number of aliphatic hydroxyl groups excluding tert-OH is 1. The SMILES string of the molecule is CCOC(=O)CCC[n+]1ccc(/C=C/C=C2\Sc3ccccc3N2CCO)c2ccccc21.[Br-]. The third-order valence-corrected chi connectivity index (χ3v) is 6.65. The second kappa shape index (κ2) is 12.7. The number of para-hydroxylation sites is 2. The standard InChI is InChI=1S/C27H29N2O3S.BrH/c1-2-32-27(31)15-8-17-28-18-16-21(22-10-3-4-11-23(22)28)9-7-14-26-29(19-20-30)24-12-5-6-13-25(24)33-26;/h3-7,9-14,16,18,30H,2,8,15,17,19-20H2,1H3;1H/q+1;/p-1. The summed E-state index contributed by atoms with van der Waals surface area (Å²) in [5.41, 5.74) is 3.42. The zero-order chi connectivity index (χ0) is 23.0. The molecule has 0 saturated heterocycles. The number of rotatable bonds is 9. The molecule has 1 aliphatic rings. The number of carbonyl (C=O) groups excluding carboxylic acids is 1. The zero-order valence-electron chi connectivity index (χ0n) is 19.2. The van der Waals surface area contributed by atoms with Gasteiger partial charge < -0.3 is 31.7 Å². The Morgan fingerprint density at radius 2 is 1.94 bits per heavy atom. The highest BCUT2D eigenvalue weighted by molar-refractivity contribution is 8.03. The molecule has 0 atom stereocenters. The van der Waals surface area contributed by atoms with Gasteiger partial charge in [-0.3, -0.25) is 4.79 Å². The Labute approximate surface area is 215 Å². The van der Waals surface area contributed by atoms with Crippen molar-refractivity contribution >= 4 is 40.4 Å². The molecular formula is C27H29BrN2O3S. The number of allylic oxidation sites excluding steroid dienone is 2. The number of β-amino-alcohol motifs (C(OH)–C–C–N with tert-alkyl or cyclic N) is 1. The van der Waals surface area contributed by atoms with E-state index in [0.29, 0.717) is 19.6 Å². The molecule has 0 bridgehead atoms. The van der Waals surface area contributed by atoms with Crippen LogP contribution in [0.4, 0.5) is 5.69 Å². The van der Waals surface area contributed by atoms with E-state index in [1.807, 2.05) is 31.2 Å². The van der Waals surface area contributed by atoms with Gasteiger partial charge in [-0.1, -0.05) is 48.2 Å². The van der Waals surface area contributed by atoms with E-state index in [1.165, 1.54) is 10.3 Å². The molecular weight excluding hydrogens is 512 g/mol. The monoisotopic (exact) mass is 540 g/mol. The molecule has 5 nitrogen and oxygen atoms in total. The van der Waals surface area contributed by atoms with E-state index in [-0.39, 0.29) is 29.6 Å². The number of hydrogen-bond donors (Lipinski definition) is 1. The van der Waals surface area contributed by atoms with Crippen LogP contribution in [-0.2, 0) is 16.1 Å². The molecule has 2 heterocycles. The molecule has 0 fully saturated rings. The summed E-state index contributed by atoms with van der Waals surface area (Å²) in [7, 11) is 0. The fraction of sp³-hybridized carbons (Fsp3) is 0.259. The van der Waals surface area contributed by atoms with Gasteiger partial charge in [-0.05, 0) is 36.8 Å². The smallest absolute Gasteiger partial charge is 0.306 e. The number of aryl methyl sites for hydroxylation is 1. The van der Waals surface area contributed by atoms with Crippen LogP contribution in [0.2, 0.25) is 0 Å². The van der Waals surface area contributed by atoms with Crippen LogP contribution in [-0.4, -0.2) is 30.8 Å². The molecule has 0 radical (unpaired) electrons. The van der Waals surface area contributed by atoms with Crippen molar-refractivity contribution in [3.05, 3.63) is 83.5 Å². The number of aromatic nitrogens is 1. The van der Waals surface area contributed by atoms with Gasteiger partial charge in [0, 0.05) is 30.0 Å². The second-order valence-electron chi connectivity index (χ2n) is 7.70. The Balaban J connectivity index is 0.00000324. The van der Waals surface area contributed by atoms with Crippen molar-refractivity contribution in [2.75, 3.05) is 24.7 Å². The first-order valence-corrected chi connectivity index (χ1v) is 12.1. The summed E-state index contributed by atoms with van der Waals surface area (Å²) in [6.07, 6.45) is 9.56. The van der Waals surface area contributed by atoms with Crippen LogP contribution in [0.1, 0.15) is 25.3 Å². The van der Waals surface area contributed by atoms with Gasteiger partial charge in [0.05, 0.1) is 35.7 Å². The molecule has 0 amide bonds. The Morgan fingerprint density at radius 3 is 2.76 bits per heavy atom. The Bertz CT molecular complexity index is 1200. The topological polar surface area (TPSA) is 53.7 Å². The average Bonchev–Trinajstić information content (AvgIpc) is 3.18. The fourth-order valence-electron chi connectivity index (χ4n) is 4.02. The predicted octanol–water partition coefficient (Wildman–Crippen LogP) is 1.93. The van der Waals surface area contributed by atoms with Crippen LogP contribution >= 0.6 is 11.8 Å². The first-order valence-electron chi connectivity index (χ1n) is 11.3. The molecule has 1 aromatic heterocycles.